The van der Waals surface area contributed by atoms with Crippen LogP contribution in [0.25, 0.3) is 0 Å². The van der Waals surface area contributed by atoms with Crippen molar-refractivity contribution in [2.45, 2.75) is 44.9 Å². The fourth-order valence-electron chi connectivity index (χ4n) is 4.46. The van der Waals surface area contributed by atoms with E-state index >= 15 is 0 Å². The van der Waals surface area contributed by atoms with Gasteiger partial charge in [0.1, 0.15) is 0 Å². The maximum atomic E-state index is 12.6. The van der Waals surface area contributed by atoms with Crippen LogP contribution in [-0.4, -0.2) is 35.0 Å². The number of carboxylic acid groups (broad SMARTS) is 1. The Morgan fingerprint density at radius 3 is 2.63 bits per heavy atom. The maximum absolute atomic E-state index is 12.6. The summed E-state index contributed by atoms with van der Waals surface area (Å²) in [5.74, 6) is 1.41. The van der Waals surface area contributed by atoms with E-state index in [1.807, 2.05) is 4.90 Å². The van der Waals surface area contributed by atoms with Crippen LogP contribution < -0.4 is 0 Å². The zero-order valence-corrected chi connectivity index (χ0v) is 11.4. The average molecular weight is 265 g/mol. The van der Waals surface area contributed by atoms with E-state index in [9.17, 15) is 9.59 Å². The van der Waals surface area contributed by atoms with Crippen LogP contribution in [0.3, 0.4) is 0 Å². The van der Waals surface area contributed by atoms with E-state index in [0.717, 1.165) is 31.7 Å². The molecule has 1 saturated heterocycles. The fourth-order valence-corrected chi connectivity index (χ4v) is 4.46. The summed E-state index contributed by atoms with van der Waals surface area (Å²) in [6.07, 6.45) is 7.01. The second kappa shape index (κ2) is 5.14. The molecule has 0 aromatic rings. The van der Waals surface area contributed by atoms with Crippen molar-refractivity contribution < 1.29 is 14.7 Å². The fraction of sp³-hybridized carbons (Fsp3) is 0.867. The van der Waals surface area contributed by atoms with Crippen molar-refractivity contribution >= 4 is 11.9 Å². The summed E-state index contributed by atoms with van der Waals surface area (Å²) < 4.78 is 0. The van der Waals surface area contributed by atoms with Crippen molar-refractivity contribution in [3.63, 3.8) is 0 Å². The minimum atomic E-state index is -0.737. The van der Waals surface area contributed by atoms with Gasteiger partial charge in [0, 0.05) is 25.4 Å². The van der Waals surface area contributed by atoms with Crippen molar-refractivity contribution in [2.24, 2.45) is 23.7 Å². The number of piperidine rings is 1. The van der Waals surface area contributed by atoms with E-state index in [-0.39, 0.29) is 18.3 Å². The number of amides is 1. The Bertz CT molecular complexity index is 382. The van der Waals surface area contributed by atoms with Crippen LogP contribution in [0.4, 0.5) is 0 Å². The summed E-state index contributed by atoms with van der Waals surface area (Å²) in [6.45, 7) is 1.50. The Hall–Kier alpha value is -1.06. The number of nitrogens with zero attached hydrogens (tertiary/aromatic N) is 1. The zero-order valence-electron chi connectivity index (χ0n) is 11.4. The highest BCUT2D eigenvalue weighted by molar-refractivity contribution is 5.80. The quantitative estimate of drug-likeness (QED) is 0.850. The summed E-state index contributed by atoms with van der Waals surface area (Å²) in [4.78, 5) is 25.4. The predicted octanol–water partition coefficient (Wildman–Crippen LogP) is 2.14. The molecule has 3 aliphatic rings. The van der Waals surface area contributed by atoms with Gasteiger partial charge in [0.2, 0.25) is 5.91 Å². The van der Waals surface area contributed by atoms with Gasteiger partial charge in [-0.15, -0.1) is 0 Å². The molecule has 4 nitrogen and oxygen atoms in total. The first-order valence-corrected chi connectivity index (χ1v) is 7.64. The van der Waals surface area contributed by atoms with Gasteiger partial charge in [0.15, 0.2) is 0 Å². The largest absolute Gasteiger partial charge is 0.481 e. The molecule has 0 aromatic carbocycles. The van der Waals surface area contributed by atoms with Crippen LogP contribution in [-0.2, 0) is 9.59 Å². The van der Waals surface area contributed by atoms with E-state index < -0.39 is 5.97 Å². The molecule has 4 unspecified atom stereocenters. The first kappa shape index (κ1) is 12.9. The second-order valence-electron chi connectivity index (χ2n) is 6.67. The molecule has 3 fully saturated rings. The van der Waals surface area contributed by atoms with Crippen LogP contribution in [0.5, 0.6) is 0 Å². The Balaban J connectivity index is 1.59. The Labute approximate surface area is 114 Å². The lowest BCUT2D eigenvalue weighted by molar-refractivity contribution is -0.143. The first-order valence-electron chi connectivity index (χ1n) is 7.64. The topological polar surface area (TPSA) is 57.6 Å². The molecule has 2 bridgehead atoms. The molecule has 4 heteroatoms. The van der Waals surface area contributed by atoms with Gasteiger partial charge in [-0.05, 0) is 49.9 Å². The highest BCUT2D eigenvalue weighted by atomic mass is 16.4. The standard InChI is InChI=1S/C15H23NO3/c17-14(18)8-11-2-1-5-16(9-11)15(19)13-7-10-3-4-12(13)6-10/h10-13H,1-9H2,(H,17,18). The number of carbonyl (C=O) groups excluding carboxylic acids is 1. The molecule has 2 aliphatic carbocycles. The van der Waals surface area contributed by atoms with Crippen LogP contribution in [0.1, 0.15) is 44.9 Å². The molecule has 0 radical (unpaired) electrons. The molecule has 1 heterocycles. The lowest BCUT2D eigenvalue weighted by Gasteiger charge is -2.35. The number of aliphatic carboxylic acids is 1. The molecule has 19 heavy (non-hydrogen) atoms. The number of fused-ring (bicyclic) bond motifs is 2. The molecule has 0 spiro atoms. The van der Waals surface area contributed by atoms with Crippen LogP contribution in [0.2, 0.25) is 0 Å². The molecule has 1 amide bonds. The lowest BCUT2D eigenvalue weighted by Crippen LogP contribution is -2.44. The van der Waals surface area contributed by atoms with Crippen molar-refractivity contribution in [3.8, 4) is 0 Å². The normalized spacial score (nSPS) is 37.6. The second-order valence-corrected chi connectivity index (χ2v) is 6.67. The molecular formula is C15H23NO3. The highest BCUT2D eigenvalue weighted by Gasteiger charge is 2.44. The summed E-state index contributed by atoms with van der Waals surface area (Å²) in [6, 6.07) is 0. The molecule has 3 rings (SSSR count). The average Bonchev–Trinajstić information content (AvgIpc) is 2.99. The smallest absolute Gasteiger partial charge is 0.303 e. The molecule has 2 saturated carbocycles. The van der Waals surface area contributed by atoms with Crippen LogP contribution in [0.15, 0.2) is 0 Å². The number of carboxylic acids is 1. The van der Waals surface area contributed by atoms with Crippen molar-refractivity contribution in [1.82, 2.24) is 4.90 Å². The highest BCUT2D eigenvalue weighted by Crippen LogP contribution is 2.49. The van der Waals surface area contributed by atoms with E-state index in [0.29, 0.717) is 18.4 Å². The summed E-state index contributed by atoms with van der Waals surface area (Å²) in [7, 11) is 0. The van der Waals surface area contributed by atoms with Gasteiger partial charge >= 0.3 is 5.97 Å². The van der Waals surface area contributed by atoms with E-state index in [2.05, 4.69) is 0 Å². The molecule has 4 atom stereocenters. The summed E-state index contributed by atoms with van der Waals surface area (Å²) >= 11 is 0. The SMILES string of the molecule is O=C(O)CC1CCCN(C(=O)C2CC3CCC2C3)C1. The molecular weight excluding hydrogens is 242 g/mol. The molecule has 1 aliphatic heterocycles. The van der Waals surface area contributed by atoms with E-state index in [4.69, 9.17) is 5.11 Å². The van der Waals surface area contributed by atoms with Crippen molar-refractivity contribution in [3.05, 3.63) is 0 Å². The van der Waals surface area contributed by atoms with Gasteiger partial charge in [-0.3, -0.25) is 9.59 Å². The Morgan fingerprint density at radius 1 is 1.16 bits per heavy atom. The monoisotopic (exact) mass is 265 g/mol. The minimum Gasteiger partial charge on any atom is -0.481 e. The van der Waals surface area contributed by atoms with Gasteiger partial charge in [0.05, 0.1) is 0 Å². The third kappa shape index (κ3) is 2.63. The van der Waals surface area contributed by atoms with Gasteiger partial charge in [0.25, 0.3) is 0 Å². The molecule has 106 valence electrons. The van der Waals surface area contributed by atoms with E-state index in [1.54, 1.807) is 0 Å². The van der Waals surface area contributed by atoms with Crippen molar-refractivity contribution in [2.75, 3.05) is 13.1 Å². The van der Waals surface area contributed by atoms with Gasteiger partial charge in [-0.2, -0.15) is 0 Å². The summed E-state index contributed by atoms with van der Waals surface area (Å²) in [5.41, 5.74) is 0. The third-order valence-corrected chi connectivity index (χ3v) is 5.35. The van der Waals surface area contributed by atoms with E-state index in [1.165, 1.54) is 19.3 Å². The molecule has 1 N–H and O–H groups in total. The maximum Gasteiger partial charge on any atom is 0.303 e. The third-order valence-electron chi connectivity index (χ3n) is 5.35. The predicted molar refractivity (Wildman–Crippen MR) is 70.5 cm³/mol. The number of likely N-dealkylation sites (tertiary alicyclic amines) is 1. The van der Waals surface area contributed by atoms with Crippen molar-refractivity contribution in [1.29, 1.82) is 0 Å². The Morgan fingerprint density at radius 2 is 2.00 bits per heavy atom. The van der Waals surface area contributed by atoms with Crippen LogP contribution >= 0.6 is 0 Å². The number of rotatable bonds is 3. The van der Waals surface area contributed by atoms with Crippen LogP contribution in [0, 0.1) is 23.7 Å². The lowest BCUT2D eigenvalue weighted by atomic mass is 9.86. The number of carbonyl (C=O) groups is 2. The van der Waals surface area contributed by atoms with Gasteiger partial charge < -0.3 is 10.0 Å². The molecule has 0 aromatic heterocycles. The first-order chi connectivity index (χ1) is 9.13. The minimum absolute atomic E-state index is 0.161. The Kier molecular flexibility index (Phi) is 3.50. The number of hydrogen-bond acceptors (Lipinski definition) is 2. The van der Waals surface area contributed by atoms with Gasteiger partial charge in [-0.1, -0.05) is 6.42 Å². The number of hydrogen-bond donors (Lipinski definition) is 1. The summed E-state index contributed by atoms with van der Waals surface area (Å²) in [5, 5.41) is 8.88. The zero-order chi connectivity index (χ0) is 13.4. The van der Waals surface area contributed by atoms with Gasteiger partial charge in [-0.25, -0.2) is 0 Å².